The molecule has 76 valence electrons. The zero-order chi connectivity index (χ0) is 9.97. The summed E-state index contributed by atoms with van der Waals surface area (Å²) in [6.07, 6.45) is 3.77. The van der Waals surface area contributed by atoms with E-state index < -0.39 is 0 Å². The van der Waals surface area contributed by atoms with Crippen LogP contribution in [0.1, 0.15) is 30.1 Å². The van der Waals surface area contributed by atoms with E-state index in [1.807, 2.05) is 6.07 Å². The van der Waals surface area contributed by atoms with Crippen LogP contribution in [0.4, 0.5) is 0 Å². The van der Waals surface area contributed by atoms with Crippen LogP contribution in [-0.4, -0.2) is 14.2 Å². The van der Waals surface area contributed by atoms with Gasteiger partial charge in [0.25, 0.3) is 0 Å². The van der Waals surface area contributed by atoms with Gasteiger partial charge in [0.1, 0.15) is 5.75 Å². The SMILES string of the molecule is COc1ccc2c(c1)CCCC2OC. The Kier molecular flexibility index (Phi) is 2.73. The second-order valence-electron chi connectivity index (χ2n) is 3.68. The molecule has 2 rings (SSSR count). The molecule has 0 amide bonds. The van der Waals surface area contributed by atoms with Crippen LogP contribution in [-0.2, 0) is 11.2 Å². The minimum atomic E-state index is 0.282. The van der Waals surface area contributed by atoms with E-state index in [2.05, 4.69) is 12.1 Å². The molecule has 0 heterocycles. The largest absolute Gasteiger partial charge is 0.497 e. The van der Waals surface area contributed by atoms with Crippen molar-refractivity contribution in [1.82, 2.24) is 0 Å². The molecule has 0 aliphatic heterocycles. The van der Waals surface area contributed by atoms with E-state index in [1.54, 1.807) is 14.2 Å². The number of aryl methyl sites for hydroxylation is 1. The van der Waals surface area contributed by atoms with Gasteiger partial charge in [-0.2, -0.15) is 0 Å². The Morgan fingerprint density at radius 3 is 2.86 bits per heavy atom. The van der Waals surface area contributed by atoms with Gasteiger partial charge in [-0.25, -0.2) is 0 Å². The molecule has 0 spiro atoms. The lowest BCUT2D eigenvalue weighted by Gasteiger charge is -2.24. The molecule has 0 saturated carbocycles. The lowest BCUT2D eigenvalue weighted by molar-refractivity contribution is 0.0880. The molecule has 14 heavy (non-hydrogen) atoms. The highest BCUT2D eigenvalue weighted by Crippen LogP contribution is 2.33. The predicted molar refractivity (Wildman–Crippen MR) is 55.7 cm³/mol. The standard InChI is InChI=1S/C12H16O2/c1-13-10-6-7-11-9(8-10)4-3-5-12(11)14-2/h6-8,12H,3-5H2,1-2H3. The Hall–Kier alpha value is -1.02. The molecule has 2 heteroatoms. The van der Waals surface area contributed by atoms with Gasteiger partial charge in [0, 0.05) is 7.11 Å². The fourth-order valence-electron chi connectivity index (χ4n) is 2.12. The van der Waals surface area contributed by atoms with E-state index in [1.165, 1.54) is 17.5 Å². The van der Waals surface area contributed by atoms with Crippen LogP contribution >= 0.6 is 0 Å². The molecular weight excluding hydrogens is 176 g/mol. The van der Waals surface area contributed by atoms with Gasteiger partial charge in [-0.05, 0) is 42.5 Å². The van der Waals surface area contributed by atoms with Crippen molar-refractivity contribution in [3.8, 4) is 5.75 Å². The second-order valence-corrected chi connectivity index (χ2v) is 3.68. The van der Waals surface area contributed by atoms with E-state index in [0.29, 0.717) is 0 Å². The lowest BCUT2D eigenvalue weighted by atomic mass is 9.89. The predicted octanol–water partition coefficient (Wildman–Crippen LogP) is 2.72. The quantitative estimate of drug-likeness (QED) is 0.717. The fourth-order valence-corrected chi connectivity index (χ4v) is 2.12. The van der Waals surface area contributed by atoms with Crippen LogP contribution in [0.5, 0.6) is 5.75 Å². The molecule has 0 fully saturated rings. The minimum absolute atomic E-state index is 0.282. The smallest absolute Gasteiger partial charge is 0.119 e. The van der Waals surface area contributed by atoms with Crippen molar-refractivity contribution < 1.29 is 9.47 Å². The molecule has 0 saturated heterocycles. The van der Waals surface area contributed by atoms with Gasteiger partial charge in [0.05, 0.1) is 13.2 Å². The van der Waals surface area contributed by atoms with E-state index in [9.17, 15) is 0 Å². The van der Waals surface area contributed by atoms with Crippen molar-refractivity contribution >= 4 is 0 Å². The summed E-state index contributed by atoms with van der Waals surface area (Å²) in [5, 5.41) is 0. The molecule has 0 aromatic heterocycles. The van der Waals surface area contributed by atoms with E-state index in [0.717, 1.165) is 18.6 Å². The van der Waals surface area contributed by atoms with E-state index in [4.69, 9.17) is 9.47 Å². The van der Waals surface area contributed by atoms with E-state index in [-0.39, 0.29) is 6.10 Å². The van der Waals surface area contributed by atoms with Crippen molar-refractivity contribution in [2.24, 2.45) is 0 Å². The van der Waals surface area contributed by atoms with Gasteiger partial charge in [-0.1, -0.05) is 6.07 Å². The number of fused-ring (bicyclic) bond motifs is 1. The normalized spacial score (nSPS) is 20.3. The monoisotopic (exact) mass is 192 g/mol. The highest BCUT2D eigenvalue weighted by molar-refractivity contribution is 5.38. The molecule has 1 aromatic carbocycles. The average molecular weight is 192 g/mol. The average Bonchev–Trinajstić information content (AvgIpc) is 2.27. The van der Waals surface area contributed by atoms with E-state index >= 15 is 0 Å². The highest BCUT2D eigenvalue weighted by Gasteiger charge is 2.19. The number of ether oxygens (including phenoxy) is 2. The van der Waals surface area contributed by atoms with Gasteiger partial charge < -0.3 is 9.47 Å². The zero-order valence-corrected chi connectivity index (χ0v) is 8.75. The summed E-state index contributed by atoms with van der Waals surface area (Å²) in [6, 6.07) is 6.26. The minimum Gasteiger partial charge on any atom is -0.497 e. The number of hydrogen-bond donors (Lipinski definition) is 0. The number of methoxy groups -OCH3 is 2. The lowest BCUT2D eigenvalue weighted by Crippen LogP contribution is -2.11. The Balaban J connectivity index is 2.35. The third-order valence-corrected chi connectivity index (χ3v) is 2.89. The molecule has 1 atom stereocenters. The van der Waals surface area contributed by atoms with Crippen LogP contribution in [0, 0.1) is 0 Å². The van der Waals surface area contributed by atoms with Crippen LogP contribution < -0.4 is 4.74 Å². The number of benzene rings is 1. The van der Waals surface area contributed by atoms with Crippen molar-refractivity contribution in [2.75, 3.05) is 14.2 Å². The summed E-state index contributed by atoms with van der Waals surface area (Å²) < 4.78 is 10.7. The first-order valence-electron chi connectivity index (χ1n) is 5.04. The van der Waals surface area contributed by atoms with Crippen molar-refractivity contribution in [3.63, 3.8) is 0 Å². The number of rotatable bonds is 2. The molecule has 0 bridgehead atoms. The van der Waals surface area contributed by atoms with Gasteiger partial charge >= 0.3 is 0 Å². The summed E-state index contributed by atoms with van der Waals surface area (Å²) in [5.41, 5.74) is 2.71. The van der Waals surface area contributed by atoms with Crippen LogP contribution in [0.25, 0.3) is 0 Å². The molecule has 0 radical (unpaired) electrons. The van der Waals surface area contributed by atoms with Gasteiger partial charge in [0.15, 0.2) is 0 Å². The molecule has 1 aliphatic carbocycles. The first-order valence-corrected chi connectivity index (χ1v) is 5.04. The summed E-state index contributed by atoms with van der Waals surface area (Å²) >= 11 is 0. The fraction of sp³-hybridized carbons (Fsp3) is 0.500. The topological polar surface area (TPSA) is 18.5 Å². The van der Waals surface area contributed by atoms with Crippen molar-refractivity contribution in [2.45, 2.75) is 25.4 Å². The molecular formula is C12H16O2. The zero-order valence-electron chi connectivity index (χ0n) is 8.75. The van der Waals surface area contributed by atoms with Crippen LogP contribution in [0.15, 0.2) is 18.2 Å². The summed E-state index contributed by atoms with van der Waals surface area (Å²) in [7, 11) is 3.49. The third kappa shape index (κ3) is 1.62. The molecule has 0 N–H and O–H groups in total. The molecule has 1 aromatic rings. The van der Waals surface area contributed by atoms with Crippen molar-refractivity contribution in [1.29, 1.82) is 0 Å². The first-order chi connectivity index (χ1) is 6.85. The van der Waals surface area contributed by atoms with Gasteiger partial charge in [-0.15, -0.1) is 0 Å². The van der Waals surface area contributed by atoms with Gasteiger partial charge in [0.2, 0.25) is 0 Å². The number of hydrogen-bond acceptors (Lipinski definition) is 2. The van der Waals surface area contributed by atoms with Crippen molar-refractivity contribution in [3.05, 3.63) is 29.3 Å². The summed E-state index contributed by atoms with van der Waals surface area (Å²) in [6.45, 7) is 0. The second kappa shape index (κ2) is 4.01. The van der Waals surface area contributed by atoms with Crippen LogP contribution in [0.3, 0.4) is 0 Å². The third-order valence-electron chi connectivity index (χ3n) is 2.89. The molecule has 1 unspecified atom stereocenters. The van der Waals surface area contributed by atoms with Crippen LogP contribution in [0.2, 0.25) is 0 Å². The Labute approximate surface area is 84.8 Å². The maximum atomic E-state index is 5.45. The summed E-state index contributed by atoms with van der Waals surface area (Å²) in [5.74, 6) is 0.945. The highest BCUT2D eigenvalue weighted by atomic mass is 16.5. The molecule has 2 nitrogen and oxygen atoms in total. The Morgan fingerprint density at radius 2 is 2.14 bits per heavy atom. The Morgan fingerprint density at radius 1 is 1.29 bits per heavy atom. The maximum Gasteiger partial charge on any atom is 0.119 e. The Bertz CT molecular complexity index is 320. The molecule has 1 aliphatic rings. The van der Waals surface area contributed by atoms with Gasteiger partial charge in [-0.3, -0.25) is 0 Å². The maximum absolute atomic E-state index is 5.45. The summed E-state index contributed by atoms with van der Waals surface area (Å²) in [4.78, 5) is 0. The first kappa shape index (κ1) is 9.53.